The average molecular weight is 439 g/mol. The minimum atomic E-state index is -0.600. The summed E-state index contributed by atoms with van der Waals surface area (Å²) in [5.41, 5.74) is 0. The summed E-state index contributed by atoms with van der Waals surface area (Å²) < 4.78 is 0. The number of allylic oxidation sites excluding steroid dienone is 2. The van der Waals surface area contributed by atoms with E-state index in [0.29, 0.717) is 6.42 Å². The fourth-order valence-electron chi connectivity index (χ4n) is 3.88. The molecule has 0 aliphatic carbocycles. The maximum Gasteiger partial charge on any atom is 0.221 e. The third kappa shape index (κ3) is 23.6. The second kappa shape index (κ2) is 23.8. The molecule has 0 aromatic rings. The molecule has 0 saturated carbocycles. The number of aliphatic hydroxyl groups is 1. The van der Waals surface area contributed by atoms with Crippen LogP contribution in [0.25, 0.3) is 0 Å². The third-order valence-corrected chi connectivity index (χ3v) is 5.85. The Bertz CT molecular complexity index is 410. The largest absolute Gasteiger partial charge is 0.379 e. The molecule has 0 heterocycles. The molecule has 0 spiro atoms. The van der Waals surface area contributed by atoms with E-state index in [9.17, 15) is 9.90 Å². The van der Waals surface area contributed by atoms with Crippen molar-refractivity contribution in [3.63, 3.8) is 0 Å². The van der Waals surface area contributed by atoms with Gasteiger partial charge in [0.05, 0.1) is 6.17 Å². The standard InChI is InChI=1S/C27H54N2O2/c1-4-6-7-8-9-10-11-12-13-14-15-16-17-18-19-20-21-22-23-24-27(31)29-26(5-2)28-25(3)30/h12-13,25-26,28,30H,4-11,14-24H2,1-3H3,(H,29,31). The highest BCUT2D eigenvalue weighted by Crippen LogP contribution is 2.12. The van der Waals surface area contributed by atoms with Crippen molar-refractivity contribution >= 4 is 5.91 Å². The minimum Gasteiger partial charge on any atom is -0.379 e. The van der Waals surface area contributed by atoms with Crippen LogP contribution < -0.4 is 10.6 Å². The molecule has 4 heteroatoms. The second-order valence-corrected chi connectivity index (χ2v) is 9.12. The molecule has 0 aliphatic rings. The van der Waals surface area contributed by atoms with Crippen LogP contribution in [0, 0.1) is 0 Å². The predicted octanol–water partition coefficient (Wildman–Crippen LogP) is 7.36. The van der Waals surface area contributed by atoms with Gasteiger partial charge in [0, 0.05) is 6.42 Å². The fraction of sp³-hybridized carbons (Fsp3) is 0.889. The monoisotopic (exact) mass is 438 g/mol. The molecule has 0 aliphatic heterocycles. The first-order valence-electron chi connectivity index (χ1n) is 13.5. The van der Waals surface area contributed by atoms with Gasteiger partial charge in [-0.05, 0) is 45.4 Å². The van der Waals surface area contributed by atoms with Crippen molar-refractivity contribution < 1.29 is 9.90 Å². The van der Waals surface area contributed by atoms with Gasteiger partial charge in [0.1, 0.15) is 6.23 Å². The van der Waals surface area contributed by atoms with Crippen molar-refractivity contribution in [2.24, 2.45) is 0 Å². The van der Waals surface area contributed by atoms with Gasteiger partial charge in [-0.2, -0.15) is 0 Å². The van der Waals surface area contributed by atoms with E-state index in [0.717, 1.165) is 19.3 Å². The zero-order valence-corrected chi connectivity index (χ0v) is 21.1. The number of hydrogen-bond donors (Lipinski definition) is 3. The molecule has 2 unspecified atom stereocenters. The molecule has 0 rings (SSSR count). The smallest absolute Gasteiger partial charge is 0.221 e. The predicted molar refractivity (Wildman–Crippen MR) is 135 cm³/mol. The van der Waals surface area contributed by atoms with Gasteiger partial charge in [-0.15, -0.1) is 0 Å². The molecule has 2 atom stereocenters. The zero-order valence-electron chi connectivity index (χ0n) is 21.1. The van der Waals surface area contributed by atoms with Crippen LogP contribution in [0.15, 0.2) is 12.2 Å². The van der Waals surface area contributed by atoms with E-state index >= 15 is 0 Å². The fourth-order valence-corrected chi connectivity index (χ4v) is 3.88. The minimum absolute atomic E-state index is 0.0843. The first-order chi connectivity index (χ1) is 15.1. The van der Waals surface area contributed by atoms with Crippen LogP contribution in [0.2, 0.25) is 0 Å². The molecule has 4 nitrogen and oxygen atoms in total. The summed E-state index contributed by atoms with van der Waals surface area (Å²) in [5.74, 6) is 0.0843. The van der Waals surface area contributed by atoms with Crippen molar-refractivity contribution in [2.75, 3.05) is 0 Å². The molecular weight excluding hydrogens is 384 g/mol. The number of carbonyl (C=O) groups is 1. The summed E-state index contributed by atoms with van der Waals surface area (Å²) in [5, 5.41) is 15.2. The Labute approximate surface area is 194 Å². The lowest BCUT2D eigenvalue weighted by atomic mass is 10.1. The van der Waals surface area contributed by atoms with Crippen molar-refractivity contribution in [1.82, 2.24) is 10.6 Å². The van der Waals surface area contributed by atoms with Crippen molar-refractivity contribution in [3.05, 3.63) is 12.2 Å². The number of hydrogen-bond acceptors (Lipinski definition) is 3. The number of rotatable bonds is 23. The molecule has 184 valence electrons. The van der Waals surface area contributed by atoms with Crippen LogP contribution in [0.5, 0.6) is 0 Å². The maximum atomic E-state index is 11.9. The molecule has 0 saturated heterocycles. The molecule has 0 aromatic carbocycles. The number of carbonyl (C=O) groups excluding carboxylic acids is 1. The van der Waals surface area contributed by atoms with E-state index in [4.69, 9.17) is 0 Å². The summed E-state index contributed by atoms with van der Waals surface area (Å²) in [7, 11) is 0. The molecule has 0 bridgehead atoms. The van der Waals surface area contributed by atoms with Gasteiger partial charge in [-0.3, -0.25) is 10.1 Å². The van der Waals surface area contributed by atoms with Crippen LogP contribution in [0.3, 0.4) is 0 Å². The van der Waals surface area contributed by atoms with Crippen LogP contribution in [0.4, 0.5) is 0 Å². The highest BCUT2D eigenvalue weighted by molar-refractivity contribution is 5.76. The molecular formula is C27H54N2O2. The van der Waals surface area contributed by atoms with Crippen LogP contribution in [0.1, 0.15) is 143 Å². The van der Waals surface area contributed by atoms with E-state index in [2.05, 4.69) is 29.7 Å². The second-order valence-electron chi connectivity index (χ2n) is 9.12. The van der Waals surface area contributed by atoms with Crippen LogP contribution in [-0.2, 0) is 4.79 Å². The Morgan fingerprint density at radius 3 is 1.65 bits per heavy atom. The number of amides is 1. The Balaban J connectivity index is 3.31. The van der Waals surface area contributed by atoms with Gasteiger partial charge < -0.3 is 10.4 Å². The summed E-state index contributed by atoms with van der Waals surface area (Å²) in [4.78, 5) is 11.9. The van der Waals surface area contributed by atoms with Gasteiger partial charge in [-0.25, -0.2) is 0 Å². The van der Waals surface area contributed by atoms with E-state index in [1.54, 1.807) is 6.92 Å². The Kier molecular flexibility index (Phi) is 23.1. The topological polar surface area (TPSA) is 61.4 Å². The summed E-state index contributed by atoms with van der Waals surface area (Å²) in [6, 6.07) is 0. The quantitative estimate of drug-likeness (QED) is 0.0886. The lowest BCUT2D eigenvalue weighted by Crippen LogP contribution is -2.48. The van der Waals surface area contributed by atoms with Gasteiger partial charge in [0.15, 0.2) is 0 Å². The number of aliphatic hydroxyl groups excluding tert-OH is 1. The van der Waals surface area contributed by atoms with Crippen molar-refractivity contribution in [1.29, 1.82) is 0 Å². The highest BCUT2D eigenvalue weighted by atomic mass is 16.3. The van der Waals surface area contributed by atoms with Crippen molar-refractivity contribution in [2.45, 2.75) is 155 Å². The zero-order chi connectivity index (χ0) is 23.0. The molecule has 0 radical (unpaired) electrons. The van der Waals surface area contributed by atoms with E-state index in [1.807, 2.05) is 6.92 Å². The average Bonchev–Trinajstić information content (AvgIpc) is 2.74. The summed E-state index contributed by atoms with van der Waals surface area (Å²) in [6.07, 6.45) is 27.6. The molecule has 31 heavy (non-hydrogen) atoms. The Hall–Kier alpha value is -0.870. The molecule has 0 fully saturated rings. The van der Waals surface area contributed by atoms with Crippen molar-refractivity contribution in [3.8, 4) is 0 Å². The van der Waals surface area contributed by atoms with Gasteiger partial charge in [-0.1, -0.05) is 103 Å². The molecule has 3 N–H and O–H groups in total. The molecule has 1 amide bonds. The summed E-state index contributed by atoms with van der Waals surface area (Å²) in [6.45, 7) is 5.94. The van der Waals surface area contributed by atoms with E-state index < -0.39 is 6.23 Å². The lowest BCUT2D eigenvalue weighted by Gasteiger charge is -2.20. The first-order valence-corrected chi connectivity index (χ1v) is 13.5. The Morgan fingerprint density at radius 1 is 0.742 bits per heavy atom. The normalized spacial score (nSPS) is 13.5. The first kappa shape index (κ1) is 30.1. The lowest BCUT2D eigenvalue weighted by molar-refractivity contribution is -0.122. The molecule has 0 aromatic heterocycles. The SMILES string of the molecule is CCCCCCCCC=CCCCCCCCCCCCC(=O)NC(CC)NC(C)O. The van der Waals surface area contributed by atoms with Gasteiger partial charge >= 0.3 is 0 Å². The van der Waals surface area contributed by atoms with Crippen LogP contribution in [-0.4, -0.2) is 23.4 Å². The van der Waals surface area contributed by atoms with Crippen LogP contribution >= 0.6 is 0 Å². The Morgan fingerprint density at radius 2 is 1.19 bits per heavy atom. The van der Waals surface area contributed by atoms with Gasteiger partial charge in [0.25, 0.3) is 0 Å². The third-order valence-electron chi connectivity index (χ3n) is 5.85. The highest BCUT2D eigenvalue weighted by Gasteiger charge is 2.11. The number of unbranched alkanes of at least 4 members (excludes halogenated alkanes) is 15. The number of nitrogens with one attached hydrogen (secondary N) is 2. The van der Waals surface area contributed by atoms with E-state index in [1.165, 1.54) is 96.3 Å². The summed E-state index contributed by atoms with van der Waals surface area (Å²) >= 11 is 0. The van der Waals surface area contributed by atoms with E-state index in [-0.39, 0.29) is 12.1 Å². The van der Waals surface area contributed by atoms with Gasteiger partial charge in [0.2, 0.25) is 5.91 Å². The maximum absolute atomic E-state index is 11.9.